The van der Waals surface area contributed by atoms with Gasteiger partial charge in [0.05, 0.1) is 23.0 Å². The first-order chi connectivity index (χ1) is 13.5. The second-order valence-electron chi connectivity index (χ2n) is 5.73. The third kappa shape index (κ3) is 5.06. The number of nitrogens with one attached hydrogen (secondary N) is 2. The number of amides is 2. The van der Waals surface area contributed by atoms with Crippen molar-refractivity contribution < 1.29 is 9.59 Å². The van der Waals surface area contributed by atoms with Crippen molar-refractivity contribution in [1.82, 2.24) is 5.43 Å². The predicted octanol–water partition coefficient (Wildman–Crippen LogP) is 5.12. The summed E-state index contributed by atoms with van der Waals surface area (Å²) in [7, 11) is 0. The molecule has 0 aliphatic heterocycles. The number of halogens is 2. The minimum Gasteiger partial charge on any atom is -0.321 e. The van der Waals surface area contributed by atoms with Crippen molar-refractivity contribution in [2.45, 2.75) is 0 Å². The molecule has 28 heavy (non-hydrogen) atoms. The summed E-state index contributed by atoms with van der Waals surface area (Å²) in [6.07, 6.45) is 1.49. The maximum absolute atomic E-state index is 12.5. The fourth-order valence-electron chi connectivity index (χ4n) is 2.44. The Morgan fingerprint density at radius 3 is 2.36 bits per heavy atom. The number of carbonyl (C=O) groups excluding carboxylic acids is 2. The summed E-state index contributed by atoms with van der Waals surface area (Å²) in [4.78, 5) is 25.0. The third-order valence-electron chi connectivity index (χ3n) is 3.77. The van der Waals surface area contributed by atoms with Crippen LogP contribution in [-0.2, 0) is 0 Å². The van der Waals surface area contributed by atoms with Crippen LogP contribution in [0, 0.1) is 0 Å². The maximum atomic E-state index is 12.5. The van der Waals surface area contributed by atoms with Crippen molar-refractivity contribution in [3.63, 3.8) is 0 Å². The largest absolute Gasteiger partial charge is 0.321 e. The molecule has 0 unspecified atom stereocenters. The molecular weight excluding hydrogens is 442 g/mol. The van der Waals surface area contributed by atoms with Crippen LogP contribution in [0.25, 0.3) is 0 Å². The Bertz CT molecular complexity index is 1050. The van der Waals surface area contributed by atoms with E-state index in [1.54, 1.807) is 60.7 Å². The van der Waals surface area contributed by atoms with Gasteiger partial charge in [-0.1, -0.05) is 48.0 Å². The maximum Gasteiger partial charge on any atom is 0.273 e. The average Bonchev–Trinajstić information content (AvgIpc) is 2.68. The highest BCUT2D eigenvalue weighted by molar-refractivity contribution is 9.10. The molecule has 7 heteroatoms. The SMILES string of the molecule is O=C(Nc1ccccc1C(=O)NN=Cc1cccc(Cl)c1)c1ccccc1Br. The van der Waals surface area contributed by atoms with Gasteiger partial charge in [0.2, 0.25) is 0 Å². The summed E-state index contributed by atoms with van der Waals surface area (Å²) >= 11 is 9.27. The molecule has 0 heterocycles. The summed E-state index contributed by atoms with van der Waals surface area (Å²) in [6, 6.07) is 20.9. The van der Waals surface area contributed by atoms with Crippen LogP contribution in [0.5, 0.6) is 0 Å². The third-order valence-corrected chi connectivity index (χ3v) is 4.69. The first kappa shape index (κ1) is 19.8. The monoisotopic (exact) mass is 455 g/mol. The van der Waals surface area contributed by atoms with Gasteiger partial charge < -0.3 is 5.32 Å². The normalized spacial score (nSPS) is 10.6. The lowest BCUT2D eigenvalue weighted by atomic mass is 10.1. The summed E-state index contributed by atoms with van der Waals surface area (Å²) in [5, 5.41) is 7.29. The van der Waals surface area contributed by atoms with Crippen molar-refractivity contribution in [2.75, 3.05) is 5.32 Å². The molecular formula is C21H15BrClN3O2. The van der Waals surface area contributed by atoms with Gasteiger partial charge in [-0.25, -0.2) is 5.43 Å². The van der Waals surface area contributed by atoms with Crippen molar-refractivity contribution in [2.24, 2.45) is 5.10 Å². The highest BCUT2D eigenvalue weighted by Gasteiger charge is 2.15. The van der Waals surface area contributed by atoms with E-state index in [-0.39, 0.29) is 5.91 Å². The van der Waals surface area contributed by atoms with E-state index in [1.807, 2.05) is 12.1 Å². The molecule has 2 amide bonds. The van der Waals surface area contributed by atoms with Crippen LogP contribution in [-0.4, -0.2) is 18.0 Å². The number of hydrogen-bond donors (Lipinski definition) is 2. The van der Waals surface area contributed by atoms with E-state index in [9.17, 15) is 9.59 Å². The van der Waals surface area contributed by atoms with E-state index in [4.69, 9.17) is 11.6 Å². The molecule has 0 spiro atoms. The zero-order chi connectivity index (χ0) is 19.9. The molecule has 0 saturated carbocycles. The second kappa shape index (κ2) is 9.30. The Kier molecular flexibility index (Phi) is 6.57. The molecule has 140 valence electrons. The Morgan fingerprint density at radius 1 is 0.893 bits per heavy atom. The van der Waals surface area contributed by atoms with Gasteiger partial charge in [0.25, 0.3) is 11.8 Å². The van der Waals surface area contributed by atoms with E-state index in [1.165, 1.54) is 6.21 Å². The van der Waals surface area contributed by atoms with Gasteiger partial charge >= 0.3 is 0 Å². The van der Waals surface area contributed by atoms with Crippen LogP contribution >= 0.6 is 27.5 Å². The quantitative estimate of drug-likeness (QED) is 0.413. The van der Waals surface area contributed by atoms with Gasteiger partial charge in [0.15, 0.2) is 0 Å². The van der Waals surface area contributed by atoms with Crippen LogP contribution in [0.3, 0.4) is 0 Å². The number of nitrogens with zero attached hydrogens (tertiary/aromatic N) is 1. The summed E-state index contributed by atoms with van der Waals surface area (Å²) in [5.41, 5.74) is 4.37. The predicted molar refractivity (Wildman–Crippen MR) is 115 cm³/mol. The number of hydrogen-bond acceptors (Lipinski definition) is 3. The van der Waals surface area contributed by atoms with E-state index < -0.39 is 5.91 Å². The van der Waals surface area contributed by atoms with Crippen LogP contribution in [0.1, 0.15) is 26.3 Å². The van der Waals surface area contributed by atoms with Crippen molar-refractivity contribution in [1.29, 1.82) is 0 Å². The Hall–Kier alpha value is -2.96. The molecule has 0 saturated heterocycles. The van der Waals surface area contributed by atoms with Crippen molar-refractivity contribution >= 4 is 51.2 Å². The Morgan fingerprint density at radius 2 is 1.61 bits per heavy atom. The van der Waals surface area contributed by atoms with Crippen LogP contribution < -0.4 is 10.7 Å². The number of anilines is 1. The zero-order valence-electron chi connectivity index (χ0n) is 14.5. The molecule has 0 aromatic heterocycles. The number of rotatable bonds is 5. The molecule has 0 aliphatic carbocycles. The number of hydrazone groups is 1. The fraction of sp³-hybridized carbons (Fsp3) is 0. The lowest BCUT2D eigenvalue weighted by Gasteiger charge is -2.10. The lowest BCUT2D eigenvalue weighted by Crippen LogP contribution is -2.21. The van der Waals surface area contributed by atoms with E-state index in [0.29, 0.717) is 26.3 Å². The number of carbonyl (C=O) groups is 2. The highest BCUT2D eigenvalue weighted by Crippen LogP contribution is 2.20. The minimum absolute atomic E-state index is 0.297. The van der Waals surface area contributed by atoms with E-state index in [0.717, 1.165) is 5.56 Å². The minimum atomic E-state index is -0.443. The summed E-state index contributed by atoms with van der Waals surface area (Å²) in [6.45, 7) is 0. The molecule has 3 aromatic carbocycles. The van der Waals surface area contributed by atoms with Crippen LogP contribution in [0.2, 0.25) is 5.02 Å². The average molecular weight is 457 g/mol. The molecule has 3 rings (SSSR count). The molecule has 2 N–H and O–H groups in total. The summed E-state index contributed by atoms with van der Waals surface area (Å²) in [5.74, 6) is -0.767. The first-order valence-corrected chi connectivity index (χ1v) is 9.45. The van der Waals surface area contributed by atoms with Gasteiger partial charge in [0.1, 0.15) is 0 Å². The Labute approximate surface area is 175 Å². The van der Waals surface area contributed by atoms with Crippen LogP contribution in [0.15, 0.2) is 82.4 Å². The number of para-hydroxylation sites is 1. The second-order valence-corrected chi connectivity index (χ2v) is 7.02. The lowest BCUT2D eigenvalue weighted by molar-refractivity contribution is 0.0956. The van der Waals surface area contributed by atoms with Crippen LogP contribution in [0.4, 0.5) is 5.69 Å². The molecule has 0 bridgehead atoms. The van der Waals surface area contributed by atoms with Gasteiger partial charge in [-0.2, -0.15) is 5.10 Å². The van der Waals surface area contributed by atoms with Gasteiger partial charge in [-0.05, 0) is 57.9 Å². The fourth-order valence-corrected chi connectivity index (χ4v) is 3.10. The van der Waals surface area contributed by atoms with Gasteiger partial charge in [-0.3, -0.25) is 9.59 Å². The summed E-state index contributed by atoms with van der Waals surface area (Å²) < 4.78 is 0.667. The molecule has 0 atom stereocenters. The van der Waals surface area contributed by atoms with Gasteiger partial charge in [0, 0.05) is 9.50 Å². The van der Waals surface area contributed by atoms with E-state index >= 15 is 0 Å². The number of benzene rings is 3. The zero-order valence-corrected chi connectivity index (χ0v) is 16.9. The topological polar surface area (TPSA) is 70.6 Å². The Balaban J connectivity index is 1.73. The van der Waals surface area contributed by atoms with Crippen molar-refractivity contribution in [3.8, 4) is 0 Å². The molecule has 0 fully saturated rings. The molecule has 0 aliphatic rings. The highest BCUT2D eigenvalue weighted by atomic mass is 79.9. The molecule has 3 aromatic rings. The molecule has 5 nitrogen and oxygen atoms in total. The van der Waals surface area contributed by atoms with E-state index in [2.05, 4.69) is 31.8 Å². The van der Waals surface area contributed by atoms with Crippen molar-refractivity contribution in [3.05, 3.63) is 99.0 Å². The first-order valence-electron chi connectivity index (χ1n) is 8.28. The standard InChI is InChI=1S/C21H15BrClN3O2/c22-18-10-3-1-8-16(18)20(27)25-19-11-4-2-9-17(19)21(28)26-24-13-14-6-5-7-15(23)12-14/h1-13H,(H,25,27)(H,26,28). The molecule has 0 radical (unpaired) electrons. The van der Waals surface area contributed by atoms with Gasteiger partial charge in [-0.15, -0.1) is 0 Å². The smallest absolute Gasteiger partial charge is 0.273 e.